The van der Waals surface area contributed by atoms with Crippen molar-refractivity contribution in [3.63, 3.8) is 0 Å². The first-order chi connectivity index (χ1) is 7.76. The summed E-state index contributed by atoms with van der Waals surface area (Å²) in [5, 5.41) is 3.13. The molecule has 90 valence electrons. The second-order valence-corrected chi connectivity index (χ2v) is 3.44. The Kier molecular flexibility index (Phi) is 5.56. The molecule has 0 radical (unpaired) electrons. The average Bonchev–Trinajstić information content (AvgIpc) is 2.26. The molecular weight excluding hydrogens is 206 g/mol. The van der Waals surface area contributed by atoms with Crippen LogP contribution in [-0.4, -0.2) is 36.8 Å². The van der Waals surface area contributed by atoms with Gasteiger partial charge < -0.3 is 14.8 Å². The van der Waals surface area contributed by atoms with E-state index in [2.05, 4.69) is 22.2 Å². The highest BCUT2D eigenvalue weighted by Crippen LogP contribution is 2.11. The van der Waals surface area contributed by atoms with Crippen molar-refractivity contribution < 1.29 is 9.47 Å². The van der Waals surface area contributed by atoms with E-state index >= 15 is 0 Å². The van der Waals surface area contributed by atoms with E-state index in [4.69, 9.17) is 9.47 Å². The van der Waals surface area contributed by atoms with Gasteiger partial charge in [-0.2, -0.15) is 4.98 Å². The number of nitrogens with one attached hydrogen (secondary N) is 1. The van der Waals surface area contributed by atoms with Crippen LogP contribution in [0.15, 0.2) is 6.07 Å². The lowest BCUT2D eigenvalue weighted by molar-refractivity contribution is 0.143. The van der Waals surface area contributed by atoms with Crippen molar-refractivity contribution in [2.75, 3.05) is 32.2 Å². The Morgan fingerprint density at radius 3 is 2.81 bits per heavy atom. The van der Waals surface area contributed by atoms with Crippen molar-refractivity contribution in [3.05, 3.63) is 11.8 Å². The van der Waals surface area contributed by atoms with Gasteiger partial charge in [0.1, 0.15) is 6.61 Å². The van der Waals surface area contributed by atoms with E-state index in [9.17, 15) is 0 Å². The Morgan fingerprint density at radius 2 is 2.12 bits per heavy atom. The Morgan fingerprint density at radius 1 is 1.31 bits per heavy atom. The molecule has 0 saturated heterocycles. The molecule has 0 saturated carbocycles. The lowest BCUT2D eigenvalue weighted by Gasteiger charge is -2.08. The Balaban J connectivity index is 2.58. The fourth-order valence-electron chi connectivity index (χ4n) is 1.16. The van der Waals surface area contributed by atoms with Gasteiger partial charge in [-0.25, -0.2) is 4.98 Å². The monoisotopic (exact) mass is 225 g/mol. The Bertz CT molecular complexity index is 318. The molecule has 1 aromatic rings. The molecular formula is C11H19N3O2. The highest BCUT2D eigenvalue weighted by molar-refractivity contribution is 5.30. The van der Waals surface area contributed by atoms with E-state index < -0.39 is 0 Å². The molecule has 1 N–H and O–H groups in total. The smallest absolute Gasteiger partial charge is 0.226 e. The van der Waals surface area contributed by atoms with Crippen LogP contribution in [0.4, 0.5) is 5.95 Å². The minimum atomic E-state index is 0.500. The summed E-state index contributed by atoms with van der Waals surface area (Å²) in [7, 11) is 1.64. The van der Waals surface area contributed by atoms with Gasteiger partial charge in [-0.05, 0) is 13.3 Å². The van der Waals surface area contributed by atoms with Crippen LogP contribution in [0.5, 0.6) is 5.88 Å². The molecule has 0 bridgehead atoms. The van der Waals surface area contributed by atoms with Gasteiger partial charge in [0, 0.05) is 25.4 Å². The molecule has 0 spiro atoms. The molecule has 0 aliphatic heterocycles. The summed E-state index contributed by atoms with van der Waals surface area (Å²) in [5.41, 5.74) is 0.890. The van der Waals surface area contributed by atoms with Crippen molar-refractivity contribution in [1.29, 1.82) is 0 Å². The number of nitrogens with zero attached hydrogens (tertiary/aromatic N) is 2. The molecule has 0 unspecified atom stereocenters. The van der Waals surface area contributed by atoms with E-state index in [1.165, 1.54) is 0 Å². The number of hydrogen-bond acceptors (Lipinski definition) is 5. The SMILES string of the molecule is CCCNc1nc(C)cc(OCCOC)n1. The molecule has 5 heteroatoms. The fourth-order valence-corrected chi connectivity index (χ4v) is 1.16. The fraction of sp³-hybridized carbons (Fsp3) is 0.636. The van der Waals surface area contributed by atoms with Crippen LogP contribution in [0.25, 0.3) is 0 Å². The van der Waals surface area contributed by atoms with Crippen molar-refractivity contribution in [2.24, 2.45) is 0 Å². The van der Waals surface area contributed by atoms with Gasteiger partial charge in [0.15, 0.2) is 0 Å². The van der Waals surface area contributed by atoms with E-state index in [1.54, 1.807) is 7.11 Å². The van der Waals surface area contributed by atoms with Gasteiger partial charge in [0.25, 0.3) is 0 Å². The van der Waals surface area contributed by atoms with Crippen LogP contribution in [-0.2, 0) is 4.74 Å². The first-order valence-electron chi connectivity index (χ1n) is 5.47. The summed E-state index contributed by atoms with van der Waals surface area (Å²) in [6, 6.07) is 1.81. The maximum atomic E-state index is 5.43. The van der Waals surface area contributed by atoms with Gasteiger partial charge in [0.05, 0.1) is 6.61 Å². The number of hydrogen-bond donors (Lipinski definition) is 1. The number of aryl methyl sites for hydroxylation is 1. The number of aromatic nitrogens is 2. The molecule has 0 fully saturated rings. The predicted octanol–water partition coefficient (Wildman–Crippen LogP) is 1.63. The van der Waals surface area contributed by atoms with Crippen LogP contribution in [0, 0.1) is 6.92 Å². The van der Waals surface area contributed by atoms with Crippen molar-refractivity contribution in [2.45, 2.75) is 20.3 Å². The third-order valence-electron chi connectivity index (χ3n) is 1.90. The number of anilines is 1. The first-order valence-corrected chi connectivity index (χ1v) is 5.47. The van der Waals surface area contributed by atoms with Gasteiger partial charge in [-0.15, -0.1) is 0 Å². The molecule has 0 amide bonds. The van der Waals surface area contributed by atoms with Crippen molar-refractivity contribution in [1.82, 2.24) is 9.97 Å². The second kappa shape index (κ2) is 7.00. The molecule has 5 nitrogen and oxygen atoms in total. The Labute approximate surface area is 96.2 Å². The minimum absolute atomic E-state index is 0.500. The van der Waals surface area contributed by atoms with Crippen molar-refractivity contribution in [3.8, 4) is 5.88 Å². The zero-order valence-corrected chi connectivity index (χ0v) is 10.1. The molecule has 1 rings (SSSR count). The van der Waals surface area contributed by atoms with Gasteiger partial charge in [-0.3, -0.25) is 0 Å². The van der Waals surface area contributed by atoms with Crippen LogP contribution >= 0.6 is 0 Å². The summed E-state index contributed by atoms with van der Waals surface area (Å²) in [4.78, 5) is 8.51. The second-order valence-electron chi connectivity index (χ2n) is 3.44. The van der Waals surface area contributed by atoms with Crippen LogP contribution in [0.2, 0.25) is 0 Å². The maximum absolute atomic E-state index is 5.43. The highest BCUT2D eigenvalue weighted by atomic mass is 16.5. The van der Waals surface area contributed by atoms with E-state index in [1.807, 2.05) is 13.0 Å². The summed E-state index contributed by atoms with van der Waals surface area (Å²) in [6.45, 7) is 5.93. The van der Waals surface area contributed by atoms with E-state index in [0.717, 1.165) is 18.7 Å². The van der Waals surface area contributed by atoms with Gasteiger partial charge in [-0.1, -0.05) is 6.92 Å². The lowest BCUT2D eigenvalue weighted by atomic mass is 10.4. The van der Waals surface area contributed by atoms with E-state index in [0.29, 0.717) is 25.0 Å². The maximum Gasteiger partial charge on any atom is 0.226 e. The number of methoxy groups -OCH3 is 1. The summed E-state index contributed by atoms with van der Waals surface area (Å²) >= 11 is 0. The molecule has 0 atom stereocenters. The Hall–Kier alpha value is -1.36. The number of ether oxygens (including phenoxy) is 2. The minimum Gasteiger partial charge on any atom is -0.475 e. The van der Waals surface area contributed by atoms with Gasteiger partial charge >= 0.3 is 0 Å². The van der Waals surface area contributed by atoms with E-state index in [-0.39, 0.29) is 0 Å². The zero-order chi connectivity index (χ0) is 11.8. The summed E-state index contributed by atoms with van der Waals surface area (Å²) in [5.74, 6) is 1.21. The summed E-state index contributed by atoms with van der Waals surface area (Å²) < 4.78 is 10.3. The molecule has 1 heterocycles. The van der Waals surface area contributed by atoms with Crippen LogP contribution in [0.1, 0.15) is 19.0 Å². The summed E-state index contributed by atoms with van der Waals surface area (Å²) in [6.07, 6.45) is 1.04. The quantitative estimate of drug-likeness (QED) is 0.715. The molecule has 16 heavy (non-hydrogen) atoms. The highest BCUT2D eigenvalue weighted by Gasteiger charge is 2.02. The predicted molar refractivity (Wildman–Crippen MR) is 62.9 cm³/mol. The molecule has 0 aromatic carbocycles. The third kappa shape index (κ3) is 4.44. The zero-order valence-electron chi connectivity index (χ0n) is 10.1. The lowest BCUT2D eigenvalue weighted by Crippen LogP contribution is -2.09. The largest absolute Gasteiger partial charge is 0.475 e. The number of rotatable bonds is 7. The molecule has 1 aromatic heterocycles. The normalized spacial score (nSPS) is 10.2. The van der Waals surface area contributed by atoms with Crippen molar-refractivity contribution >= 4 is 5.95 Å². The standard InChI is InChI=1S/C11H19N3O2/c1-4-5-12-11-13-9(2)8-10(14-11)16-7-6-15-3/h8H,4-7H2,1-3H3,(H,12,13,14). The average molecular weight is 225 g/mol. The van der Waals surface area contributed by atoms with Crippen LogP contribution in [0.3, 0.4) is 0 Å². The molecule has 0 aliphatic rings. The molecule has 0 aliphatic carbocycles. The van der Waals surface area contributed by atoms with Crippen LogP contribution < -0.4 is 10.1 Å². The van der Waals surface area contributed by atoms with Gasteiger partial charge in [0.2, 0.25) is 11.8 Å². The first kappa shape index (κ1) is 12.7. The topological polar surface area (TPSA) is 56.3 Å². The third-order valence-corrected chi connectivity index (χ3v) is 1.90.